The monoisotopic (exact) mass is 165 g/mol. The molecule has 1 unspecified atom stereocenters. The standard InChI is InChI=1S/C10H15NO/c1-10(5-3-6-11-8-10)9-4-2-7-12-9/h2,4,7,11H,3,5-6,8H2,1H3. The third-order valence-corrected chi connectivity index (χ3v) is 2.71. The average Bonchev–Trinajstić information content (AvgIpc) is 2.58. The van der Waals surface area contributed by atoms with Crippen LogP contribution in [-0.2, 0) is 5.41 Å². The number of rotatable bonds is 1. The molecule has 1 aliphatic rings. The van der Waals surface area contributed by atoms with E-state index in [1.165, 1.54) is 12.8 Å². The van der Waals surface area contributed by atoms with Crippen molar-refractivity contribution in [3.05, 3.63) is 24.2 Å². The summed E-state index contributed by atoms with van der Waals surface area (Å²) < 4.78 is 5.44. The SMILES string of the molecule is CC1(c2ccco2)CCCNC1. The van der Waals surface area contributed by atoms with Gasteiger partial charge in [-0.3, -0.25) is 0 Å². The van der Waals surface area contributed by atoms with E-state index < -0.39 is 0 Å². The van der Waals surface area contributed by atoms with E-state index in [0.717, 1.165) is 18.8 Å². The van der Waals surface area contributed by atoms with E-state index in [9.17, 15) is 0 Å². The minimum Gasteiger partial charge on any atom is -0.469 e. The lowest BCUT2D eigenvalue weighted by Gasteiger charge is -2.32. The highest BCUT2D eigenvalue weighted by Gasteiger charge is 2.30. The third-order valence-electron chi connectivity index (χ3n) is 2.71. The molecule has 2 heteroatoms. The highest BCUT2D eigenvalue weighted by molar-refractivity contribution is 5.14. The largest absolute Gasteiger partial charge is 0.469 e. The summed E-state index contributed by atoms with van der Waals surface area (Å²) in [6.07, 6.45) is 4.24. The highest BCUT2D eigenvalue weighted by Crippen LogP contribution is 2.30. The molecular weight excluding hydrogens is 150 g/mol. The normalized spacial score (nSPS) is 30.4. The van der Waals surface area contributed by atoms with Crippen LogP contribution in [0, 0.1) is 0 Å². The molecule has 0 saturated carbocycles. The maximum Gasteiger partial charge on any atom is 0.110 e. The molecule has 0 bridgehead atoms. The van der Waals surface area contributed by atoms with Gasteiger partial charge in [0.25, 0.3) is 0 Å². The minimum atomic E-state index is 0.224. The Kier molecular flexibility index (Phi) is 1.93. The molecular formula is C10H15NO. The van der Waals surface area contributed by atoms with Crippen LogP contribution in [0.4, 0.5) is 0 Å². The van der Waals surface area contributed by atoms with E-state index in [4.69, 9.17) is 4.42 Å². The van der Waals surface area contributed by atoms with Crippen molar-refractivity contribution < 1.29 is 4.42 Å². The lowest BCUT2D eigenvalue weighted by molar-refractivity contribution is 0.284. The molecule has 1 aromatic rings. The predicted octanol–water partition coefficient (Wildman–Crippen LogP) is 1.92. The van der Waals surface area contributed by atoms with Gasteiger partial charge in [-0.1, -0.05) is 6.92 Å². The molecule has 0 radical (unpaired) electrons. The van der Waals surface area contributed by atoms with E-state index in [0.29, 0.717) is 0 Å². The first-order chi connectivity index (χ1) is 5.81. The quantitative estimate of drug-likeness (QED) is 0.687. The maximum atomic E-state index is 5.44. The van der Waals surface area contributed by atoms with Crippen LogP contribution in [-0.4, -0.2) is 13.1 Å². The average molecular weight is 165 g/mol. The minimum absolute atomic E-state index is 0.224. The summed E-state index contributed by atoms with van der Waals surface area (Å²) in [6.45, 7) is 4.45. The van der Waals surface area contributed by atoms with Crippen molar-refractivity contribution in [2.24, 2.45) is 0 Å². The van der Waals surface area contributed by atoms with Gasteiger partial charge in [0.05, 0.1) is 6.26 Å². The summed E-state index contributed by atoms with van der Waals surface area (Å²) in [7, 11) is 0. The van der Waals surface area contributed by atoms with Gasteiger partial charge in [0, 0.05) is 12.0 Å². The van der Waals surface area contributed by atoms with Crippen LogP contribution < -0.4 is 5.32 Å². The topological polar surface area (TPSA) is 25.2 Å². The van der Waals surface area contributed by atoms with Gasteiger partial charge in [-0.05, 0) is 31.5 Å². The molecule has 1 aliphatic heterocycles. The summed E-state index contributed by atoms with van der Waals surface area (Å²) in [5.41, 5.74) is 0.224. The molecule has 2 rings (SSSR count). The van der Waals surface area contributed by atoms with Crippen LogP contribution in [0.1, 0.15) is 25.5 Å². The van der Waals surface area contributed by atoms with E-state index in [1.807, 2.05) is 6.07 Å². The van der Waals surface area contributed by atoms with Gasteiger partial charge in [-0.15, -0.1) is 0 Å². The zero-order valence-corrected chi connectivity index (χ0v) is 7.47. The summed E-state index contributed by atoms with van der Waals surface area (Å²) in [5, 5.41) is 3.40. The van der Waals surface area contributed by atoms with Gasteiger partial charge in [0.15, 0.2) is 0 Å². The fourth-order valence-corrected chi connectivity index (χ4v) is 1.89. The van der Waals surface area contributed by atoms with Gasteiger partial charge in [0.1, 0.15) is 5.76 Å². The van der Waals surface area contributed by atoms with Crippen molar-refractivity contribution in [2.75, 3.05) is 13.1 Å². The van der Waals surface area contributed by atoms with Crippen LogP contribution in [0.5, 0.6) is 0 Å². The molecule has 2 nitrogen and oxygen atoms in total. The maximum absolute atomic E-state index is 5.44. The number of furan rings is 1. The number of nitrogens with one attached hydrogen (secondary N) is 1. The number of hydrogen-bond donors (Lipinski definition) is 1. The van der Waals surface area contributed by atoms with Crippen molar-refractivity contribution in [3.8, 4) is 0 Å². The Bertz CT molecular complexity index is 234. The second-order valence-corrected chi connectivity index (χ2v) is 3.82. The lowest BCUT2D eigenvalue weighted by Crippen LogP contribution is -2.40. The summed E-state index contributed by atoms with van der Waals surface area (Å²) in [6, 6.07) is 4.04. The molecule has 66 valence electrons. The Balaban J connectivity index is 2.19. The second-order valence-electron chi connectivity index (χ2n) is 3.82. The first-order valence-corrected chi connectivity index (χ1v) is 4.56. The number of hydrogen-bond acceptors (Lipinski definition) is 2. The van der Waals surface area contributed by atoms with Gasteiger partial charge in [-0.25, -0.2) is 0 Å². The molecule has 1 fully saturated rings. The molecule has 1 atom stereocenters. The first kappa shape index (κ1) is 7.87. The molecule has 1 aromatic heterocycles. The molecule has 0 amide bonds. The molecule has 1 saturated heterocycles. The molecule has 12 heavy (non-hydrogen) atoms. The van der Waals surface area contributed by atoms with E-state index in [-0.39, 0.29) is 5.41 Å². The van der Waals surface area contributed by atoms with Gasteiger partial charge < -0.3 is 9.73 Å². The van der Waals surface area contributed by atoms with Crippen molar-refractivity contribution in [2.45, 2.75) is 25.2 Å². The van der Waals surface area contributed by atoms with Crippen LogP contribution in [0.2, 0.25) is 0 Å². The highest BCUT2D eigenvalue weighted by atomic mass is 16.3. The Morgan fingerprint density at radius 2 is 2.50 bits per heavy atom. The van der Waals surface area contributed by atoms with Gasteiger partial charge in [-0.2, -0.15) is 0 Å². The molecule has 2 heterocycles. The molecule has 0 aromatic carbocycles. The molecule has 1 N–H and O–H groups in total. The van der Waals surface area contributed by atoms with E-state index >= 15 is 0 Å². The van der Waals surface area contributed by atoms with Crippen molar-refractivity contribution in [1.29, 1.82) is 0 Å². The molecule has 0 aliphatic carbocycles. The third kappa shape index (κ3) is 1.27. The second kappa shape index (κ2) is 2.94. The fraction of sp³-hybridized carbons (Fsp3) is 0.600. The first-order valence-electron chi connectivity index (χ1n) is 4.56. The van der Waals surface area contributed by atoms with Crippen LogP contribution in [0.25, 0.3) is 0 Å². The Morgan fingerprint density at radius 1 is 1.58 bits per heavy atom. The van der Waals surface area contributed by atoms with Crippen LogP contribution >= 0.6 is 0 Å². The Labute approximate surface area is 73.0 Å². The summed E-state index contributed by atoms with van der Waals surface area (Å²) >= 11 is 0. The lowest BCUT2D eigenvalue weighted by atomic mass is 9.81. The van der Waals surface area contributed by atoms with Crippen LogP contribution in [0.15, 0.2) is 22.8 Å². The molecule has 0 spiro atoms. The zero-order valence-electron chi connectivity index (χ0n) is 7.47. The van der Waals surface area contributed by atoms with Crippen molar-refractivity contribution in [1.82, 2.24) is 5.32 Å². The summed E-state index contributed by atoms with van der Waals surface area (Å²) in [4.78, 5) is 0. The summed E-state index contributed by atoms with van der Waals surface area (Å²) in [5.74, 6) is 1.12. The Hall–Kier alpha value is -0.760. The van der Waals surface area contributed by atoms with Gasteiger partial charge in [0.2, 0.25) is 0 Å². The van der Waals surface area contributed by atoms with Crippen molar-refractivity contribution >= 4 is 0 Å². The predicted molar refractivity (Wildman–Crippen MR) is 48.2 cm³/mol. The van der Waals surface area contributed by atoms with E-state index in [2.05, 4.69) is 18.3 Å². The fourth-order valence-electron chi connectivity index (χ4n) is 1.89. The number of piperidine rings is 1. The smallest absolute Gasteiger partial charge is 0.110 e. The van der Waals surface area contributed by atoms with Gasteiger partial charge >= 0.3 is 0 Å². The zero-order chi connectivity index (χ0) is 8.44. The van der Waals surface area contributed by atoms with Crippen molar-refractivity contribution in [3.63, 3.8) is 0 Å². The Morgan fingerprint density at radius 3 is 3.08 bits per heavy atom. The van der Waals surface area contributed by atoms with E-state index in [1.54, 1.807) is 6.26 Å². The van der Waals surface area contributed by atoms with Crippen LogP contribution in [0.3, 0.4) is 0 Å².